The maximum atomic E-state index is 13.4. The van der Waals surface area contributed by atoms with Crippen LogP contribution in [0.4, 0.5) is 4.39 Å². The summed E-state index contributed by atoms with van der Waals surface area (Å²) in [6.07, 6.45) is 0. The van der Waals surface area contributed by atoms with Gasteiger partial charge in [0.2, 0.25) is 0 Å². The van der Waals surface area contributed by atoms with Gasteiger partial charge < -0.3 is 10.5 Å². The van der Waals surface area contributed by atoms with Crippen molar-refractivity contribution in [2.45, 2.75) is 32.9 Å². The maximum absolute atomic E-state index is 13.4. The fraction of sp³-hybridized carbons (Fsp3) is 0.455. The molecule has 1 aromatic rings. The Hall–Kier alpha value is -1.09. The van der Waals surface area contributed by atoms with Crippen molar-refractivity contribution in [3.05, 3.63) is 29.6 Å². The predicted molar refractivity (Wildman–Crippen MR) is 54.7 cm³/mol. The number of nitrogens with two attached hydrogens (primary N) is 1. The quantitative estimate of drug-likeness (QED) is 0.790. The van der Waals surface area contributed by atoms with E-state index in [1.165, 1.54) is 6.07 Å². The van der Waals surface area contributed by atoms with E-state index in [0.29, 0.717) is 6.54 Å². The van der Waals surface area contributed by atoms with Crippen molar-refractivity contribution >= 4 is 0 Å². The predicted octanol–water partition coefficient (Wildman–Crippen LogP) is 2.46. The molecule has 78 valence electrons. The lowest BCUT2D eigenvalue weighted by atomic mass is 10.1. The second kappa shape index (κ2) is 3.96. The van der Waals surface area contributed by atoms with Crippen molar-refractivity contribution in [2.75, 3.05) is 0 Å². The highest BCUT2D eigenvalue weighted by atomic mass is 19.1. The average Bonchev–Trinajstić information content (AvgIpc) is 2.06. The third-order valence-corrected chi connectivity index (χ3v) is 1.65. The van der Waals surface area contributed by atoms with Crippen LogP contribution in [-0.4, -0.2) is 5.60 Å². The molecular weight excluding hydrogens is 181 g/mol. The normalized spacial score (nSPS) is 11.5. The number of ether oxygens (including phenoxy) is 1. The highest BCUT2D eigenvalue weighted by molar-refractivity contribution is 5.29. The fourth-order valence-corrected chi connectivity index (χ4v) is 1.08. The molecule has 0 saturated heterocycles. The molecule has 0 aromatic heterocycles. The number of halogens is 1. The molecular formula is C11H16FNO. The third-order valence-electron chi connectivity index (χ3n) is 1.65. The first-order valence-corrected chi connectivity index (χ1v) is 4.60. The van der Waals surface area contributed by atoms with Crippen LogP contribution in [0.1, 0.15) is 26.3 Å². The van der Waals surface area contributed by atoms with Gasteiger partial charge in [-0.2, -0.15) is 0 Å². The van der Waals surface area contributed by atoms with Gasteiger partial charge in [-0.3, -0.25) is 0 Å². The Kier molecular flexibility index (Phi) is 3.11. The van der Waals surface area contributed by atoms with Crippen molar-refractivity contribution in [3.63, 3.8) is 0 Å². The Morgan fingerprint density at radius 1 is 1.36 bits per heavy atom. The summed E-state index contributed by atoms with van der Waals surface area (Å²) in [6.45, 7) is 5.97. The van der Waals surface area contributed by atoms with E-state index in [9.17, 15) is 4.39 Å². The Balaban J connectivity index is 2.89. The molecule has 14 heavy (non-hydrogen) atoms. The van der Waals surface area contributed by atoms with E-state index < -0.39 is 0 Å². The Morgan fingerprint density at radius 2 is 2.00 bits per heavy atom. The molecule has 1 aromatic carbocycles. The summed E-state index contributed by atoms with van der Waals surface area (Å²) in [4.78, 5) is 0. The topological polar surface area (TPSA) is 35.2 Å². The lowest BCUT2D eigenvalue weighted by molar-refractivity contribution is 0.124. The molecule has 0 heterocycles. The lowest BCUT2D eigenvalue weighted by Gasteiger charge is -2.21. The molecule has 2 N–H and O–H groups in total. The molecule has 0 fully saturated rings. The van der Waals surface area contributed by atoms with Gasteiger partial charge >= 0.3 is 0 Å². The number of rotatable bonds is 2. The van der Waals surface area contributed by atoms with E-state index in [1.54, 1.807) is 12.1 Å². The van der Waals surface area contributed by atoms with Crippen molar-refractivity contribution in [2.24, 2.45) is 5.73 Å². The number of hydrogen-bond donors (Lipinski definition) is 1. The van der Waals surface area contributed by atoms with Gasteiger partial charge in [0.15, 0.2) is 11.6 Å². The van der Waals surface area contributed by atoms with Gasteiger partial charge in [0.1, 0.15) is 5.60 Å². The van der Waals surface area contributed by atoms with E-state index in [4.69, 9.17) is 10.5 Å². The summed E-state index contributed by atoms with van der Waals surface area (Å²) >= 11 is 0. The number of hydrogen-bond acceptors (Lipinski definition) is 2. The van der Waals surface area contributed by atoms with E-state index in [2.05, 4.69) is 0 Å². The molecule has 0 aliphatic heterocycles. The molecule has 0 unspecified atom stereocenters. The molecule has 1 rings (SSSR count). The first-order valence-electron chi connectivity index (χ1n) is 4.60. The fourth-order valence-electron chi connectivity index (χ4n) is 1.08. The van der Waals surface area contributed by atoms with Crippen LogP contribution in [-0.2, 0) is 6.54 Å². The molecule has 3 heteroatoms. The second-order valence-corrected chi connectivity index (χ2v) is 4.18. The molecule has 0 saturated carbocycles. The van der Waals surface area contributed by atoms with Gasteiger partial charge in [0.25, 0.3) is 0 Å². The van der Waals surface area contributed by atoms with Crippen LogP contribution < -0.4 is 10.5 Å². The summed E-state index contributed by atoms with van der Waals surface area (Å²) in [5.74, 6) is -0.0856. The van der Waals surface area contributed by atoms with Crippen LogP contribution in [0.3, 0.4) is 0 Å². The van der Waals surface area contributed by atoms with Crippen LogP contribution in [0.25, 0.3) is 0 Å². The molecule has 0 bridgehead atoms. The minimum Gasteiger partial charge on any atom is -0.485 e. The van der Waals surface area contributed by atoms with Crippen molar-refractivity contribution in [1.82, 2.24) is 0 Å². The zero-order valence-corrected chi connectivity index (χ0v) is 8.80. The van der Waals surface area contributed by atoms with E-state index in [1.807, 2.05) is 20.8 Å². The van der Waals surface area contributed by atoms with Crippen molar-refractivity contribution in [3.8, 4) is 5.75 Å². The molecule has 0 aliphatic carbocycles. The lowest BCUT2D eigenvalue weighted by Crippen LogP contribution is -2.23. The van der Waals surface area contributed by atoms with Crippen LogP contribution in [0, 0.1) is 5.82 Å². The van der Waals surface area contributed by atoms with Gasteiger partial charge in [-0.25, -0.2) is 4.39 Å². The first-order chi connectivity index (χ1) is 6.42. The smallest absolute Gasteiger partial charge is 0.165 e. The minimum atomic E-state index is -0.384. The summed E-state index contributed by atoms with van der Waals surface area (Å²) < 4.78 is 18.8. The molecule has 0 spiro atoms. The molecule has 0 amide bonds. The van der Waals surface area contributed by atoms with Gasteiger partial charge in [-0.05, 0) is 38.5 Å². The van der Waals surface area contributed by atoms with E-state index >= 15 is 0 Å². The second-order valence-electron chi connectivity index (χ2n) is 4.18. The van der Waals surface area contributed by atoms with Crippen LogP contribution >= 0.6 is 0 Å². The van der Waals surface area contributed by atoms with Crippen molar-refractivity contribution in [1.29, 1.82) is 0 Å². The van der Waals surface area contributed by atoms with Crippen LogP contribution in [0.2, 0.25) is 0 Å². The van der Waals surface area contributed by atoms with Crippen LogP contribution in [0.15, 0.2) is 18.2 Å². The third kappa shape index (κ3) is 3.00. The Bertz CT molecular complexity index is 318. The molecule has 2 nitrogen and oxygen atoms in total. The Morgan fingerprint density at radius 3 is 2.43 bits per heavy atom. The zero-order chi connectivity index (χ0) is 10.8. The average molecular weight is 197 g/mol. The van der Waals surface area contributed by atoms with Gasteiger partial charge in [-0.1, -0.05) is 6.07 Å². The standard InChI is InChI=1S/C11H16FNO/c1-11(2,3)14-10-5-4-8(7-13)6-9(10)12/h4-6H,7,13H2,1-3H3. The largest absolute Gasteiger partial charge is 0.485 e. The summed E-state index contributed by atoms with van der Waals surface area (Å²) in [5.41, 5.74) is 5.77. The van der Waals surface area contributed by atoms with Gasteiger partial charge in [0, 0.05) is 6.54 Å². The number of benzene rings is 1. The Labute approximate surface area is 83.9 Å². The van der Waals surface area contributed by atoms with E-state index in [0.717, 1.165) is 5.56 Å². The summed E-state index contributed by atoms with van der Waals surface area (Å²) in [7, 11) is 0. The minimum absolute atomic E-state index is 0.273. The molecule has 0 aliphatic rings. The molecule has 0 atom stereocenters. The van der Waals surface area contributed by atoms with Crippen molar-refractivity contribution < 1.29 is 9.13 Å². The molecule has 0 radical (unpaired) electrons. The SMILES string of the molecule is CC(C)(C)Oc1ccc(CN)cc1F. The maximum Gasteiger partial charge on any atom is 0.165 e. The van der Waals surface area contributed by atoms with E-state index in [-0.39, 0.29) is 17.2 Å². The summed E-state index contributed by atoms with van der Waals surface area (Å²) in [5, 5.41) is 0. The van der Waals surface area contributed by atoms with Crippen LogP contribution in [0.5, 0.6) is 5.75 Å². The van der Waals surface area contributed by atoms with Gasteiger partial charge in [0.05, 0.1) is 0 Å². The highest BCUT2D eigenvalue weighted by Crippen LogP contribution is 2.22. The first kappa shape index (κ1) is 11.0. The van der Waals surface area contributed by atoms with Gasteiger partial charge in [-0.15, -0.1) is 0 Å². The monoisotopic (exact) mass is 197 g/mol. The summed E-state index contributed by atoms with van der Waals surface area (Å²) in [6, 6.07) is 4.79. The zero-order valence-electron chi connectivity index (χ0n) is 8.80. The highest BCUT2D eigenvalue weighted by Gasteiger charge is 2.14.